The SMILES string of the molecule is CO[C@H]1CNCC1NC(=O)c1ccc2nccnc2c1. The van der Waals surface area contributed by atoms with Gasteiger partial charge in [-0.05, 0) is 18.2 Å². The summed E-state index contributed by atoms with van der Waals surface area (Å²) in [6, 6.07) is 5.31. The molecule has 1 saturated heterocycles. The van der Waals surface area contributed by atoms with Crippen molar-refractivity contribution >= 4 is 16.9 Å². The van der Waals surface area contributed by atoms with Gasteiger partial charge in [-0.2, -0.15) is 0 Å². The topological polar surface area (TPSA) is 76.1 Å². The minimum Gasteiger partial charge on any atom is -0.378 e. The molecular weight excluding hydrogens is 256 g/mol. The van der Waals surface area contributed by atoms with Gasteiger partial charge in [0, 0.05) is 38.2 Å². The van der Waals surface area contributed by atoms with Gasteiger partial charge in [-0.3, -0.25) is 14.8 Å². The summed E-state index contributed by atoms with van der Waals surface area (Å²) in [6.45, 7) is 1.47. The Balaban J connectivity index is 1.78. The van der Waals surface area contributed by atoms with Crippen LogP contribution in [0.4, 0.5) is 0 Å². The van der Waals surface area contributed by atoms with E-state index >= 15 is 0 Å². The van der Waals surface area contributed by atoms with Crippen LogP contribution in [0.25, 0.3) is 11.0 Å². The van der Waals surface area contributed by atoms with Crippen molar-refractivity contribution < 1.29 is 9.53 Å². The molecule has 1 amide bonds. The van der Waals surface area contributed by atoms with Crippen LogP contribution in [0.5, 0.6) is 0 Å². The molecule has 1 unspecified atom stereocenters. The van der Waals surface area contributed by atoms with Crippen molar-refractivity contribution in [1.29, 1.82) is 0 Å². The molecule has 1 aliphatic heterocycles. The van der Waals surface area contributed by atoms with E-state index < -0.39 is 0 Å². The molecule has 2 N–H and O–H groups in total. The van der Waals surface area contributed by atoms with Gasteiger partial charge in [0.2, 0.25) is 0 Å². The summed E-state index contributed by atoms with van der Waals surface area (Å²) >= 11 is 0. The Kier molecular flexibility index (Phi) is 3.58. The van der Waals surface area contributed by atoms with Crippen LogP contribution in [0.1, 0.15) is 10.4 Å². The fraction of sp³-hybridized carbons (Fsp3) is 0.357. The number of amides is 1. The van der Waals surface area contributed by atoms with Gasteiger partial charge in [-0.15, -0.1) is 0 Å². The predicted molar refractivity (Wildman–Crippen MR) is 74.5 cm³/mol. The summed E-state index contributed by atoms with van der Waals surface area (Å²) < 4.78 is 5.33. The Hall–Kier alpha value is -2.05. The van der Waals surface area contributed by atoms with E-state index in [2.05, 4.69) is 20.6 Å². The van der Waals surface area contributed by atoms with Gasteiger partial charge < -0.3 is 15.4 Å². The molecule has 0 spiro atoms. The quantitative estimate of drug-likeness (QED) is 0.843. The number of rotatable bonds is 3. The number of ether oxygens (including phenoxy) is 1. The van der Waals surface area contributed by atoms with Crippen molar-refractivity contribution in [2.24, 2.45) is 0 Å². The fourth-order valence-corrected chi connectivity index (χ4v) is 2.40. The fourth-order valence-electron chi connectivity index (χ4n) is 2.40. The number of methoxy groups -OCH3 is 1. The summed E-state index contributed by atoms with van der Waals surface area (Å²) in [4.78, 5) is 20.7. The molecule has 2 aromatic rings. The molecule has 6 heteroatoms. The van der Waals surface area contributed by atoms with E-state index in [-0.39, 0.29) is 18.1 Å². The van der Waals surface area contributed by atoms with Crippen molar-refractivity contribution in [2.45, 2.75) is 12.1 Å². The van der Waals surface area contributed by atoms with Crippen molar-refractivity contribution in [2.75, 3.05) is 20.2 Å². The Morgan fingerprint density at radius 3 is 2.90 bits per heavy atom. The third-order valence-corrected chi connectivity index (χ3v) is 3.51. The highest BCUT2D eigenvalue weighted by Gasteiger charge is 2.28. The highest BCUT2D eigenvalue weighted by molar-refractivity contribution is 5.97. The molecule has 20 heavy (non-hydrogen) atoms. The van der Waals surface area contributed by atoms with Gasteiger partial charge in [0.1, 0.15) is 0 Å². The van der Waals surface area contributed by atoms with Gasteiger partial charge in [-0.1, -0.05) is 0 Å². The number of hydrogen-bond donors (Lipinski definition) is 2. The molecule has 104 valence electrons. The van der Waals surface area contributed by atoms with E-state index in [4.69, 9.17) is 4.74 Å². The zero-order chi connectivity index (χ0) is 13.9. The molecule has 1 fully saturated rings. The van der Waals surface area contributed by atoms with Gasteiger partial charge in [-0.25, -0.2) is 0 Å². The lowest BCUT2D eigenvalue weighted by Gasteiger charge is -2.18. The smallest absolute Gasteiger partial charge is 0.251 e. The zero-order valence-corrected chi connectivity index (χ0v) is 11.2. The molecule has 0 saturated carbocycles. The molecule has 0 bridgehead atoms. The van der Waals surface area contributed by atoms with Gasteiger partial charge in [0.05, 0.1) is 23.2 Å². The summed E-state index contributed by atoms with van der Waals surface area (Å²) in [5, 5.41) is 6.18. The monoisotopic (exact) mass is 272 g/mol. The lowest BCUT2D eigenvalue weighted by Crippen LogP contribution is -2.43. The van der Waals surface area contributed by atoms with Gasteiger partial charge in [0.15, 0.2) is 0 Å². The highest BCUT2D eigenvalue weighted by Crippen LogP contribution is 2.12. The third kappa shape index (κ3) is 2.48. The standard InChI is InChI=1S/C14H16N4O2/c1-20-13-8-15-7-12(13)18-14(19)9-2-3-10-11(6-9)17-5-4-16-10/h2-6,12-13,15H,7-8H2,1H3,(H,18,19)/t12?,13-/m0/s1. The molecule has 0 radical (unpaired) electrons. The molecule has 1 aliphatic rings. The predicted octanol–water partition coefficient (Wildman–Crippen LogP) is 0.346. The van der Waals surface area contributed by atoms with Crippen molar-refractivity contribution in [1.82, 2.24) is 20.6 Å². The number of carbonyl (C=O) groups excluding carboxylic acids is 1. The Labute approximate surface area is 116 Å². The van der Waals surface area contributed by atoms with E-state index in [0.717, 1.165) is 18.6 Å². The molecule has 6 nitrogen and oxygen atoms in total. The van der Waals surface area contributed by atoms with Crippen LogP contribution in [0.3, 0.4) is 0 Å². The summed E-state index contributed by atoms with van der Waals surface area (Å²) in [7, 11) is 1.66. The van der Waals surface area contributed by atoms with E-state index in [9.17, 15) is 4.79 Å². The lowest BCUT2D eigenvalue weighted by molar-refractivity contribution is 0.0780. The number of carbonyl (C=O) groups is 1. The van der Waals surface area contributed by atoms with Crippen LogP contribution >= 0.6 is 0 Å². The summed E-state index contributed by atoms with van der Waals surface area (Å²) in [5.74, 6) is -0.117. The first kappa shape index (κ1) is 13.0. The number of nitrogens with zero attached hydrogens (tertiary/aromatic N) is 2. The number of hydrogen-bond acceptors (Lipinski definition) is 5. The third-order valence-electron chi connectivity index (χ3n) is 3.51. The zero-order valence-electron chi connectivity index (χ0n) is 11.2. The van der Waals surface area contributed by atoms with Crippen LogP contribution in [-0.4, -0.2) is 48.2 Å². The average molecular weight is 272 g/mol. The maximum absolute atomic E-state index is 12.3. The normalized spacial score (nSPS) is 22.1. The second-order valence-corrected chi connectivity index (χ2v) is 4.77. The second kappa shape index (κ2) is 5.52. The van der Waals surface area contributed by atoms with Crippen molar-refractivity contribution in [3.05, 3.63) is 36.2 Å². The number of benzene rings is 1. The van der Waals surface area contributed by atoms with Gasteiger partial charge >= 0.3 is 0 Å². The molecule has 2 heterocycles. The van der Waals surface area contributed by atoms with E-state index in [1.54, 1.807) is 37.7 Å². The molecule has 1 aromatic carbocycles. The van der Waals surface area contributed by atoms with E-state index in [1.807, 2.05) is 0 Å². The van der Waals surface area contributed by atoms with Crippen LogP contribution < -0.4 is 10.6 Å². The lowest BCUT2D eigenvalue weighted by atomic mass is 10.1. The number of aromatic nitrogens is 2. The van der Waals surface area contributed by atoms with Crippen LogP contribution in [0, 0.1) is 0 Å². The Bertz CT molecular complexity index is 631. The number of nitrogens with one attached hydrogen (secondary N) is 2. The van der Waals surface area contributed by atoms with E-state index in [1.165, 1.54) is 0 Å². The minimum absolute atomic E-state index is 0.00921. The van der Waals surface area contributed by atoms with Crippen LogP contribution in [-0.2, 0) is 4.74 Å². The maximum atomic E-state index is 12.3. The van der Waals surface area contributed by atoms with Gasteiger partial charge in [0.25, 0.3) is 5.91 Å². The molecular formula is C14H16N4O2. The molecule has 2 atom stereocenters. The first-order chi connectivity index (χ1) is 9.78. The van der Waals surface area contributed by atoms with Crippen molar-refractivity contribution in [3.63, 3.8) is 0 Å². The molecule has 3 rings (SSSR count). The van der Waals surface area contributed by atoms with Crippen LogP contribution in [0.2, 0.25) is 0 Å². The Morgan fingerprint density at radius 2 is 2.10 bits per heavy atom. The summed E-state index contributed by atoms with van der Waals surface area (Å²) in [6.07, 6.45) is 3.26. The first-order valence-corrected chi connectivity index (χ1v) is 6.53. The second-order valence-electron chi connectivity index (χ2n) is 4.77. The molecule has 0 aliphatic carbocycles. The summed E-state index contributed by atoms with van der Waals surface area (Å²) in [5.41, 5.74) is 2.08. The maximum Gasteiger partial charge on any atom is 0.251 e. The van der Waals surface area contributed by atoms with Crippen LogP contribution in [0.15, 0.2) is 30.6 Å². The minimum atomic E-state index is -0.117. The Morgan fingerprint density at radius 1 is 1.30 bits per heavy atom. The molecule has 1 aromatic heterocycles. The number of fused-ring (bicyclic) bond motifs is 1. The average Bonchev–Trinajstić information content (AvgIpc) is 2.94. The van der Waals surface area contributed by atoms with E-state index in [0.29, 0.717) is 11.1 Å². The largest absolute Gasteiger partial charge is 0.378 e. The van der Waals surface area contributed by atoms with Crippen molar-refractivity contribution in [3.8, 4) is 0 Å². The first-order valence-electron chi connectivity index (χ1n) is 6.53. The highest BCUT2D eigenvalue weighted by atomic mass is 16.5.